The number of nitrogens with zero attached hydrogens (tertiary/aromatic N) is 1. The molecule has 0 spiro atoms. The van der Waals surface area contributed by atoms with Gasteiger partial charge in [0.25, 0.3) is 11.8 Å². The molecule has 0 radical (unpaired) electrons. The van der Waals surface area contributed by atoms with Crippen LogP contribution in [0.3, 0.4) is 0 Å². The predicted octanol–water partition coefficient (Wildman–Crippen LogP) is 3.93. The van der Waals surface area contributed by atoms with Crippen LogP contribution in [0, 0.1) is 6.92 Å². The Morgan fingerprint density at radius 2 is 1.67 bits per heavy atom. The number of para-hydroxylation sites is 2. The van der Waals surface area contributed by atoms with Gasteiger partial charge in [-0.15, -0.1) is 0 Å². The largest absolute Gasteiger partial charge is 0.459 e. The van der Waals surface area contributed by atoms with Gasteiger partial charge in [0.1, 0.15) is 0 Å². The highest BCUT2D eigenvalue weighted by molar-refractivity contribution is 6.08. The average Bonchev–Trinajstić information content (AvgIpc) is 3.31. The van der Waals surface area contributed by atoms with Gasteiger partial charge in [0.15, 0.2) is 5.76 Å². The quantitative estimate of drug-likeness (QED) is 0.672. The summed E-state index contributed by atoms with van der Waals surface area (Å²) in [6, 6.07) is 16.2. The smallest absolute Gasteiger partial charge is 0.291 e. The molecule has 1 fully saturated rings. The fraction of sp³-hybridized carbons (Fsp3) is 0.217. The lowest BCUT2D eigenvalue weighted by atomic mass is 10.1. The van der Waals surface area contributed by atoms with Crippen LogP contribution in [-0.2, 0) is 4.74 Å². The van der Waals surface area contributed by atoms with Gasteiger partial charge in [-0.05, 0) is 48.9 Å². The van der Waals surface area contributed by atoms with Crippen molar-refractivity contribution >= 4 is 28.9 Å². The van der Waals surface area contributed by atoms with Gasteiger partial charge in [-0.3, -0.25) is 9.59 Å². The zero-order valence-electron chi connectivity index (χ0n) is 16.7. The lowest BCUT2D eigenvalue weighted by molar-refractivity contribution is 0.0993. The third-order valence-corrected chi connectivity index (χ3v) is 5.00. The molecule has 3 aromatic rings. The molecule has 1 aromatic heterocycles. The highest BCUT2D eigenvalue weighted by Gasteiger charge is 2.17. The van der Waals surface area contributed by atoms with E-state index in [0.29, 0.717) is 24.5 Å². The number of nitrogens with one attached hydrogen (secondary N) is 2. The molecule has 2 heterocycles. The fourth-order valence-corrected chi connectivity index (χ4v) is 3.34. The van der Waals surface area contributed by atoms with E-state index in [-0.39, 0.29) is 17.6 Å². The van der Waals surface area contributed by atoms with Gasteiger partial charge in [-0.2, -0.15) is 0 Å². The van der Waals surface area contributed by atoms with Gasteiger partial charge in [-0.25, -0.2) is 0 Å². The third kappa shape index (κ3) is 4.36. The Balaban J connectivity index is 1.52. The van der Waals surface area contributed by atoms with E-state index in [1.54, 1.807) is 30.3 Å². The number of anilines is 3. The second kappa shape index (κ2) is 8.84. The summed E-state index contributed by atoms with van der Waals surface area (Å²) >= 11 is 0. The normalized spacial score (nSPS) is 13.7. The van der Waals surface area contributed by atoms with Crippen molar-refractivity contribution < 1.29 is 18.7 Å². The van der Waals surface area contributed by atoms with Gasteiger partial charge in [0.2, 0.25) is 0 Å². The first-order valence-corrected chi connectivity index (χ1v) is 9.80. The maximum atomic E-state index is 12.9. The number of rotatable bonds is 5. The van der Waals surface area contributed by atoms with Crippen molar-refractivity contribution in [2.24, 2.45) is 0 Å². The number of carbonyl (C=O) groups excluding carboxylic acids is 2. The SMILES string of the molecule is Cc1ccc(C(=O)Nc2ccccc2N2CCOCC2)cc1NC(=O)c1ccco1. The molecule has 2 N–H and O–H groups in total. The lowest BCUT2D eigenvalue weighted by Crippen LogP contribution is -2.36. The van der Waals surface area contributed by atoms with E-state index in [0.717, 1.165) is 30.0 Å². The fourth-order valence-electron chi connectivity index (χ4n) is 3.34. The molecule has 1 aliphatic heterocycles. The van der Waals surface area contributed by atoms with Crippen molar-refractivity contribution in [2.75, 3.05) is 41.8 Å². The van der Waals surface area contributed by atoms with Crippen LogP contribution in [0.2, 0.25) is 0 Å². The summed E-state index contributed by atoms with van der Waals surface area (Å²) in [6.07, 6.45) is 1.44. The molecule has 7 heteroatoms. The van der Waals surface area contributed by atoms with Crippen LogP contribution in [0.25, 0.3) is 0 Å². The first-order valence-electron chi connectivity index (χ1n) is 9.80. The van der Waals surface area contributed by atoms with E-state index in [4.69, 9.17) is 9.15 Å². The number of hydrogen-bond acceptors (Lipinski definition) is 5. The van der Waals surface area contributed by atoms with Crippen molar-refractivity contribution in [1.82, 2.24) is 0 Å². The molecule has 154 valence electrons. The Kier molecular flexibility index (Phi) is 5.81. The molecule has 0 bridgehead atoms. The van der Waals surface area contributed by atoms with E-state index in [2.05, 4.69) is 15.5 Å². The Morgan fingerprint density at radius 1 is 0.900 bits per heavy atom. The van der Waals surface area contributed by atoms with Crippen LogP contribution in [-0.4, -0.2) is 38.1 Å². The number of aryl methyl sites for hydroxylation is 1. The van der Waals surface area contributed by atoms with Gasteiger partial charge in [-0.1, -0.05) is 18.2 Å². The van der Waals surface area contributed by atoms with Crippen LogP contribution < -0.4 is 15.5 Å². The number of benzene rings is 2. The first kappa shape index (κ1) is 19.7. The van der Waals surface area contributed by atoms with Gasteiger partial charge < -0.3 is 24.7 Å². The maximum Gasteiger partial charge on any atom is 0.291 e. The van der Waals surface area contributed by atoms with E-state index in [1.807, 2.05) is 31.2 Å². The van der Waals surface area contributed by atoms with Crippen molar-refractivity contribution in [3.8, 4) is 0 Å². The molecular formula is C23H23N3O4. The van der Waals surface area contributed by atoms with Crippen LogP contribution in [0.1, 0.15) is 26.5 Å². The highest BCUT2D eigenvalue weighted by atomic mass is 16.5. The van der Waals surface area contributed by atoms with Crippen LogP contribution >= 0.6 is 0 Å². The minimum Gasteiger partial charge on any atom is -0.459 e. The minimum absolute atomic E-state index is 0.212. The molecule has 1 saturated heterocycles. The van der Waals surface area contributed by atoms with Gasteiger partial charge in [0.05, 0.1) is 30.9 Å². The summed E-state index contributed by atoms with van der Waals surface area (Å²) in [5.74, 6) is -0.397. The predicted molar refractivity (Wildman–Crippen MR) is 115 cm³/mol. The highest BCUT2D eigenvalue weighted by Crippen LogP contribution is 2.27. The van der Waals surface area contributed by atoms with Crippen molar-refractivity contribution in [3.05, 3.63) is 77.7 Å². The number of morpholine rings is 1. The summed E-state index contributed by atoms with van der Waals surface area (Å²) in [5.41, 5.74) is 3.57. The topological polar surface area (TPSA) is 83.8 Å². The number of carbonyl (C=O) groups is 2. The molecule has 7 nitrogen and oxygen atoms in total. The molecule has 2 aromatic carbocycles. The van der Waals surface area contributed by atoms with Crippen molar-refractivity contribution in [3.63, 3.8) is 0 Å². The number of furan rings is 1. The van der Waals surface area contributed by atoms with E-state index >= 15 is 0 Å². The molecule has 0 unspecified atom stereocenters. The Labute approximate surface area is 174 Å². The number of amides is 2. The molecule has 1 aliphatic rings. The molecule has 0 atom stereocenters. The zero-order valence-corrected chi connectivity index (χ0v) is 16.7. The number of hydrogen-bond donors (Lipinski definition) is 2. The molecule has 30 heavy (non-hydrogen) atoms. The number of ether oxygens (including phenoxy) is 1. The van der Waals surface area contributed by atoms with Crippen molar-refractivity contribution in [2.45, 2.75) is 6.92 Å². The summed E-state index contributed by atoms with van der Waals surface area (Å²) in [5, 5.41) is 5.80. The average molecular weight is 405 g/mol. The molecule has 4 rings (SSSR count). The summed E-state index contributed by atoms with van der Waals surface area (Å²) < 4.78 is 10.6. The van der Waals surface area contributed by atoms with Gasteiger partial charge in [0, 0.05) is 24.3 Å². The summed E-state index contributed by atoms with van der Waals surface area (Å²) in [4.78, 5) is 27.4. The Hall–Kier alpha value is -3.58. The van der Waals surface area contributed by atoms with Crippen LogP contribution in [0.4, 0.5) is 17.1 Å². The van der Waals surface area contributed by atoms with Crippen LogP contribution in [0.15, 0.2) is 65.3 Å². The standard InChI is InChI=1S/C23H23N3O4/c1-16-8-9-17(15-19(16)25-23(28)21-7-4-12-30-21)22(27)24-18-5-2-3-6-20(18)26-10-13-29-14-11-26/h2-9,12,15H,10-11,13-14H2,1H3,(H,24,27)(H,25,28). The van der Waals surface area contributed by atoms with E-state index in [1.165, 1.54) is 6.26 Å². The van der Waals surface area contributed by atoms with Gasteiger partial charge >= 0.3 is 0 Å². The second-order valence-corrected chi connectivity index (χ2v) is 7.03. The third-order valence-electron chi connectivity index (χ3n) is 5.00. The molecule has 2 amide bonds. The van der Waals surface area contributed by atoms with Crippen LogP contribution in [0.5, 0.6) is 0 Å². The van der Waals surface area contributed by atoms with E-state index in [9.17, 15) is 9.59 Å². The molecular weight excluding hydrogens is 382 g/mol. The minimum atomic E-state index is -0.363. The summed E-state index contributed by atoms with van der Waals surface area (Å²) in [7, 11) is 0. The first-order chi connectivity index (χ1) is 14.6. The lowest BCUT2D eigenvalue weighted by Gasteiger charge is -2.30. The zero-order chi connectivity index (χ0) is 20.9. The monoisotopic (exact) mass is 405 g/mol. The molecule has 0 saturated carbocycles. The maximum absolute atomic E-state index is 12.9. The second-order valence-electron chi connectivity index (χ2n) is 7.03. The molecule has 0 aliphatic carbocycles. The van der Waals surface area contributed by atoms with Crippen molar-refractivity contribution in [1.29, 1.82) is 0 Å². The Morgan fingerprint density at radius 3 is 2.43 bits per heavy atom. The Bertz CT molecular complexity index is 1040. The summed E-state index contributed by atoms with van der Waals surface area (Å²) in [6.45, 7) is 4.76. The van der Waals surface area contributed by atoms with E-state index < -0.39 is 0 Å².